The smallest absolute Gasteiger partial charge is 0.310 e. The summed E-state index contributed by atoms with van der Waals surface area (Å²) < 4.78 is 4.75. The van der Waals surface area contributed by atoms with Gasteiger partial charge in [-0.2, -0.15) is 0 Å². The first-order valence-corrected chi connectivity index (χ1v) is 4.89. The van der Waals surface area contributed by atoms with Crippen LogP contribution in [-0.2, 0) is 16.0 Å². The predicted octanol–water partition coefficient (Wildman–Crippen LogP) is 1.10. The minimum atomic E-state index is -0.446. The van der Waals surface area contributed by atoms with Gasteiger partial charge in [-0.3, -0.25) is 9.59 Å². The van der Waals surface area contributed by atoms with Crippen LogP contribution in [0.15, 0.2) is 12.3 Å². The van der Waals surface area contributed by atoms with Gasteiger partial charge in [0.1, 0.15) is 11.4 Å². The van der Waals surface area contributed by atoms with Crippen molar-refractivity contribution in [2.75, 3.05) is 6.61 Å². The predicted molar refractivity (Wildman–Crippen MR) is 56.2 cm³/mol. The van der Waals surface area contributed by atoms with Crippen molar-refractivity contribution >= 4 is 11.8 Å². The Balaban J connectivity index is 2.93. The lowest BCUT2D eigenvalue weighted by atomic mass is 10.1. The van der Waals surface area contributed by atoms with E-state index in [1.807, 2.05) is 0 Å². The number of rotatable bonds is 4. The molecule has 1 N–H and O–H groups in total. The van der Waals surface area contributed by atoms with E-state index in [-0.39, 0.29) is 30.3 Å². The lowest BCUT2D eigenvalue weighted by Gasteiger charge is -2.06. The number of ketones is 1. The molecule has 0 spiro atoms. The van der Waals surface area contributed by atoms with E-state index in [2.05, 4.69) is 4.98 Å². The molecule has 1 aromatic rings. The Morgan fingerprint density at radius 3 is 2.75 bits per heavy atom. The maximum atomic E-state index is 11.2. The van der Waals surface area contributed by atoms with Crippen LogP contribution in [0.1, 0.15) is 29.9 Å². The first-order valence-electron chi connectivity index (χ1n) is 4.89. The summed E-state index contributed by atoms with van der Waals surface area (Å²) in [5.41, 5.74) is 0.320. The summed E-state index contributed by atoms with van der Waals surface area (Å²) in [5.74, 6) is -1.04. The number of pyridine rings is 1. The number of Topliss-reactive ketones (excluding diaryl/α,β-unsaturated/α-hetero) is 1. The number of hydrogen-bond acceptors (Lipinski definition) is 5. The fraction of sp³-hybridized carbons (Fsp3) is 0.364. The standard InChI is InChI=1S/C11H13NO4/c1-3-16-9(14)6-8-4-5-12-10(7(2)13)11(8)15/h4-5,15H,3,6H2,1-2H3. The normalized spacial score (nSPS) is 9.88. The maximum Gasteiger partial charge on any atom is 0.310 e. The Labute approximate surface area is 93.1 Å². The molecular formula is C11H13NO4. The van der Waals surface area contributed by atoms with Crippen molar-refractivity contribution in [2.24, 2.45) is 0 Å². The van der Waals surface area contributed by atoms with Crippen LogP contribution in [0.4, 0.5) is 0 Å². The number of esters is 1. The van der Waals surface area contributed by atoms with Crippen molar-refractivity contribution in [3.8, 4) is 5.75 Å². The van der Waals surface area contributed by atoms with E-state index < -0.39 is 5.97 Å². The third-order valence-electron chi connectivity index (χ3n) is 1.98. The summed E-state index contributed by atoms with van der Waals surface area (Å²) in [5, 5.41) is 9.69. The second-order valence-electron chi connectivity index (χ2n) is 3.21. The molecule has 0 saturated heterocycles. The molecule has 5 heteroatoms. The highest BCUT2D eigenvalue weighted by atomic mass is 16.5. The second-order valence-corrected chi connectivity index (χ2v) is 3.21. The molecule has 0 aromatic carbocycles. The summed E-state index contributed by atoms with van der Waals surface area (Å²) in [6.45, 7) is 3.28. The van der Waals surface area contributed by atoms with E-state index in [0.717, 1.165) is 0 Å². The van der Waals surface area contributed by atoms with Crippen molar-refractivity contribution in [3.63, 3.8) is 0 Å². The Hall–Kier alpha value is -1.91. The fourth-order valence-electron chi connectivity index (χ4n) is 1.26. The van der Waals surface area contributed by atoms with E-state index in [1.165, 1.54) is 19.2 Å². The summed E-state index contributed by atoms with van der Waals surface area (Å²) >= 11 is 0. The molecule has 0 unspecified atom stereocenters. The number of carbonyl (C=O) groups excluding carboxylic acids is 2. The van der Waals surface area contributed by atoms with Crippen LogP contribution in [-0.4, -0.2) is 28.4 Å². The van der Waals surface area contributed by atoms with Gasteiger partial charge in [0.05, 0.1) is 13.0 Å². The van der Waals surface area contributed by atoms with E-state index in [0.29, 0.717) is 5.56 Å². The van der Waals surface area contributed by atoms with Crippen LogP contribution in [0.2, 0.25) is 0 Å². The number of nitrogens with zero attached hydrogens (tertiary/aromatic N) is 1. The molecule has 0 fully saturated rings. The van der Waals surface area contributed by atoms with Crippen molar-refractivity contribution in [1.29, 1.82) is 0 Å². The Bertz CT molecular complexity index is 414. The van der Waals surface area contributed by atoms with Gasteiger partial charge in [0.2, 0.25) is 0 Å². The number of hydrogen-bond donors (Lipinski definition) is 1. The monoisotopic (exact) mass is 223 g/mol. The van der Waals surface area contributed by atoms with Gasteiger partial charge < -0.3 is 9.84 Å². The molecule has 0 atom stereocenters. The third kappa shape index (κ3) is 2.79. The van der Waals surface area contributed by atoms with Crippen molar-refractivity contribution in [1.82, 2.24) is 4.98 Å². The molecule has 1 heterocycles. The van der Waals surface area contributed by atoms with E-state index in [9.17, 15) is 14.7 Å². The van der Waals surface area contributed by atoms with Gasteiger partial charge in [-0.15, -0.1) is 0 Å². The van der Waals surface area contributed by atoms with E-state index in [4.69, 9.17) is 4.74 Å². The molecule has 1 aromatic heterocycles. The molecule has 0 radical (unpaired) electrons. The van der Waals surface area contributed by atoms with Crippen LogP contribution in [0.5, 0.6) is 5.75 Å². The van der Waals surface area contributed by atoms with Gasteiger partial charge in [0.15, 0.2) is 5.78 Å². The van der Waals surface area contributed by atoms with Crippen molar-refractivity contribution in [2.45, 2.75) is 20.3 Å². The molecule has 0 saturated carbocycles. The van der Waals surface area contributed by atoms with Gasteiger partial charge >= 0.3 is 5.97 Å². The SMILES string of the molecule is CCOC(=O)Cc1ccnc(C(C)=O)c1O. The zero-order valence-electron chi connectivity index (χ0n) is 9.19. The average Bonchev–Trinajstić information content (AvgIpc) is 2.21. The lowest BCUT2D eigenvalue weighted by molar-refractivity contribution is -0.142. The van der Waals surface area contributed by atoms with E-state index >= 15 is 0 Å². The molecule has 1 rings (SSSR count). The van der Waals surface area contributed by atoms with Crippen LogP contribution in [0.25, 0.3) is 0 Å². The van der Waals surface area contributed by atoms with Crippen LogP contribution in [0.3, 0.4) is 0 Å². The molecule has 0 bridgehead atoms. The van der Waals surface area contributed by atoms with Gasteiger partial charge in [0, 0.05) is 18.7 Å². The second kappa shape index (κ2) is 5.25. The topological polar surface area (TPSA) is 76.5 Å². The highest BCUT2D eigenvalue weighted by Crippen LogP contribution is 2.21. The van der Waals surface area contributed by atoms with Crippen molar-refractivity contribution < 1.29 is 19.4 Å². The lowest BCUT2D eigenvalue weighted by Crippen LogP contribution is -2.09. The quantitative estimate of drug-likeness (QED) is 0.610. The molecule has 0 aliphatic rings. The zero-order chi connectivity index (χ0) is 12.1. The number of carbonyl (C=O) groups is 2. The maximum absolute atomic E-state index is 11.2. The third-order valence-corrected chi connectivity index (χ3v) is 1.98. The van der Waals surface area contributed by atoms with Crippen LogP contribution in [0, 0.1) is 0 Å². The summed E-state index contributed by atoms with van der Waals surface area (Å²) in [7, 11) is 0. The summed E-state index contributed by atoms with van der Waals surface area (Å²) in [6, 6.07) is 1.48. The molecule has 0 aliphatic carbocycles. The molecule has 5 nitrogen and oxygen atoms in total. The summed E-state index contributed by atoms with van der Waals surface area (Å²) in [4.78, 5) is 26.0. The molecule has 16 heavy (non-hydrogen) atoms. The Morgan fingerprint density at radius 1 is 1.50 bits per heavy atom. The molecule has 0 amide bonds. The van der Waals surface area contributed by atoms with Crippen LogP contribution >= 0.6 is 0 Å². The minimum absolute atomic E-state index is 0.0261. The van der Waals surface area contributed by atoms with Gasteiger partial charge in [0.25, 0.3) is 0 Å². The molecule has 0 aliphatic heterocycles. The first kappa shape index (κ1) is 12.2. The zero-order valence-corrected chi connectivity index (χ0v) is 9.19. The largest absolute Gasteiger partial charge is 0.505 e. The average molecular weight is 223 g/mol. The number of aromatic hydroxyl groups is 1. The Kier molecular flexibility index (Phi) is 3.99. The Morgan fingerprint density at radius 2 is 2.19 bits per heavy atom. The molecular weight excluding hydrogens is 210 g/mol. The number of aromatic nitrogens is 1. The number of ether oxygens (including phenoxy) is 1. The first-order chi connectivity index (χ1) is 7.56. The van der Waals surface area contributed by atoms with Crippen LogP contribution < -0.4 is 0 Å². The van der Waals surface area contributed by atoms with Crippen molar-refractivity contribution in [3.05, 3.63) is 23.5 Å². The molecule has 86 valence electrons. The van der Waals surface area contributed by atoms with Gasteiger partial charge in [-0.25, -0.2) is 4.98 Å². The fourth-order valence-corrected chi connectivity index (χ4v) is 1.26. The van der Waals surface area contributed by atoms with Gasteiger partial charge in [-0.05, 0) is 13.0 Å². The highest BCUT2D eigenvalue weighted by molar-refractivity contribution is 5.95. The summed E-state index contributed by atoms with van der Waals surface area (Å²) in [6.07, 6.45) is 1.31. The highest BCUT2D eigenvalue weighted by Gasteiger charge is 2.14. The van der Waals surface area contributed by atoms with Gasteiger partial charge in [-0.1, -0.05) is 0 Å². The van der Waals surface area contributed by atoms with E-state index in [1.54, 1.807) is 6.92 Å². The minimum Gasteiger partial charge on any atom is -0.505 e.